The van der Waals surface area contributed by atoms with Crippen LogP contribution in [-0.4, -0.2) is 6.03 Å². The van der Waals surface area contributed by atoms with Gasteiger partial charge in [0.1, 0.15) is 0 Å². The van der Waals surface area contributed by atoms with E-state index in [1.807, 2.05) is 60.7 Å². The van der Waals surface area contributed by atoms with Gasteiger partial charge in [0.2, 0.25) is 0 Å². The van der Waals surface area contributed by atoms with Crippen LogP contribution in [0.3, 0.4) is 0 Å². The number of amides is 2. The van der Waals surface area contributed by atoms with Gasteiger partial charge in [-0.2, -0.15) is 0 Å². The maximum absolute atomic E-state index is 12.4. The van der Waals surface area contributed by atoms with Gasteiger partial charge in [-0.05, 0) is 23.6 Å². The molecular formula is C22H22N2O. The fourth-order valence-corrected chi connectivity index (χ4v) is 2.72. The highest BCUT2D eigenvalue weighted by Crippen LogP contribution is 2.22. The summed E-state index contributed by atoms with van der Waals surface area (Å²) in [6.07, 6.45) is 0. The van der Waals surface area contributed by atoms with E-state index in [1.54, 1.807) is 0 Å². The van der Waals surface area contributed by atoms with E-state index in [9.17, 15) is 4.79 Å². The van der Waals surface area contributed by atoms with E-state index in [4.69, 9.17) is 0 Å². The molecule has 25 heavy (non-hydrogen) atoms. The van der Waals surface area contributed by atoms with Crippen molar-refractivity contribution in [1.29, 1.82) is 0 Å². The molecule has 3 heteroatoms. The van der Waals surface area contributed by atoms with Crippen LogP contribution in [0.5, 0.6) is 0 Å². The van der Waals surface area contributed by atoms with E-state index in [0.29, 0.717) is 6.54 Å². The molecule has 1 unspecified atom stereocenters. The van der Waals surface area contributed by atoms with Gasteiger partial charge in [0.05, 0.1) is 6.04 Å². The lowest BCUT2D eigenvalue weighted by molar-refractivity contribution is 0.238. The zero-order valence-corrected chi connectivity index (χ0v) is 14.3. The minimum absolute atomic E-state index is 0.182. The van der Waals surface area contributed by atoms with E-state index >= 15 is 0 Å². The summed E-state index contributed by atoms with van der Waals surface area (Å²) >= 11 is 0. The fraction of sp³-hybridized carbons (Fsp3) is 0.136. The molecule has 0 aliphatic rings. The van der Waals surface area contributed by atoms with Crippen molar-refractivity contribution in [2.24, 2.45) is 0 Å². The van der Waals surface area contributed by atoms with Crippen molar-refractivity contribution in [3.8, 4) is 0 Å². The third-order valence-electron chi connectivity index (χ3n) is 4.11. The van der Waals surface area contributed by atoms with Crippen molar-refractivity contribution < 1.29 is 4.79 Å². The van der Waals surface area contributed by atoms with Crippen molar-refractivity contribution in [2.75, 3.05) is 0 Å². The maximum atomic E-state index is 12.4. The number of carbonyl (C=O) groups excluding carboxylic acids is 1. The number of rotatable bonds is 5. The Morgan fingerprint density at radius 1 is 0.800 bits per heavy atom. The van der Waals surface area contributed by atoms with Crippen molar-refractivity contribution >= 4 is 6.03 Å². The standard InChI is InChI=1S/C22H22N2O/c1-17-12-14-20(15-13-17)21(19-10-6-3-7-11-19)24-22(25)23-16-18-8-4-2-5-9-18/h2-15,21H,16H2,1H3,(H2,23,24,25). The van der Waals surface area contributed by atoms with Gasteiger partial charge in [0.25, 0.3) is 0 Å². The Morgan fingerprint density at radius 3 is 2.00 bits per heavy atom. The molecule has 0 fully saturated rings. The van der Waals surface area contributed by atoms with Crippen LogP contribution in [0.15, 0.2) is 84.9 Å². The van der Waals surface area contributed by atoms with Gasteiger partial charge in [-0.3, -0.25) is 0 Å². The third kappa shape index (κ3) is 4.70. The van der Waals surface area contributed by atoms with E-state index in [2.05, 4.69) is 41.8 Å². The normalized spacial score (nSPS) is 11.6. The van der Waals surface area contributed by atoms with E-state index in [-0.39, 0.29) is 12.1 Å². The van der Waals surface area contributed by atoms with Crippen molar-refractivity contribution in [3.63, 3.8) is 0 Å². The lowest BCUT2D eigenvalue weighted by atomic mass is 9.98. The summed E-state index contributed by atoms with van der Waals surface area (Å²) < 4.78 is 0. The van der Waals surface area contributed by atoms with Crippen LogP contribution in [0.25, 0.3) is 0 Å². The van der Waals surface area contributed by atoms with Gasteiger partial charge >= 0.3 is 6.03 Å². The topological polar surface area (TPSA) is 41.1 Å². The highest BCUT2D eigenvalue weighted by Gasteiger charge is 2.16. The summed E-state index contributed by atoms with van der Waals surface area (Å²) in [4.78, 5) is 12.4. The number of carbonyl (C=O) groups is 1. The van der Waals surface area contributed by atoms with Gasteiger partial charge in [0.15, 0.2) is 0 Å². The molecule has 3 rings (SSSR count). The molecule has 0 heterocycles. The van der Waals surface area contributed by atoms with Gasteiger partial charge in [0, 0.05) is 6.54 Å². The zero-order chi connectivity index (χ0) is 17.5. The zero-order valence-electron chi connectivity index (χ0n) is 14.3. The Hall–Kier alpha value is -3.07. The SMILES string of the molecule is Cc1ccc(C(NC(=O)NCc2ccccc2)c2ccccc2)cc1. The number of aryl methyl sites for hydroxylation is 1. The second kappa shape index (κ2) is 8.15. The summed E-state index contributed by atoms with van der Waals surface area (Å²) in [5.41, 5.74) is 4.39. The lowest BCUT2D eigenvalue weighted by Gasteiger charge is -2.20. The summed E-state index contributed by atoms with van der Waals surface area (Å²) in [6.45, 7) is 2.56. The average molecular weight is 330 g/mol. The van der Waals surface area contributed by atoms with Crippen molar-refractivity contribution in [2.45, 2.75) is 19.5 Å². The second-order valence-electron chi connectivity index (χ2n) is 6.07. The van der Waals surface area contributed by atoms with Crippen molar-refractivity contribution in [1.82, 2.24) is 10.6 Å². The molecule has 3 nitrogen and oxygen atoms in total. The molecule has 2 amide bonds. The molecule has 0 aliphatic carbocycles. The summed E-state index contributed by atoms with van der Waals surface area (Å²) in [7, 11) is 0. The Bertz CT molecular complexity index is 798. The molecule has 0 aromatic heterocycles. The number of hydrogen-bond donors (Lipinski definition) is 2. The maximum Gasteiger partial charge on any atom is 0.315 e. The highest BCUT2D eigenvalue weighted by molar-refractivity contribution is 5.75. The predicted octanol–water partition coefficient (Wildman–Crippen LogP) is 4.58. The first kappa shape index (κ1) is 16.8. The van der Waals surface area contributed by atoms with Crippen LogP contribution >= 0.6 is 0 Å². The largest absolute Gasteiger partial charge is 0.334 e. The second-order valence-corrected chi connectivity index (χ2v) is 6.07. The minimum Gasteiger partial charge on any atom is -0.334 e. The van der Waals surface area contributed by atoms with Crippen LogP contribution in [-0.2, 0) is 6.54 Å². The number of nitrogens with one attached hydrogen (secondary N) is 2. The van der Waals surface area contributed by atoms with E-state index < -0.39 is 0 Å². The van der Waals surface area contributed by atoms with Crippen LogP contribution in [0.4, 0.5) is 4.79 Å². The quantitative estimate of drug-likeness (QED) is 0.706. The monoisotopic (exact) mass is 330 g/mol. The molecule has 0 aliphatic heterocycles. The molecule has 0 radical (unpaired) electrons. The van der Waals surface area contributed by atoms with Crippen LogP contribution in [0.2, 0.25) is 0 Å². The Labute approximate surface area is 148 Å². The van der Waals surface area contributed by atoms with E-state index in [0.717, 1.165) is 16.7 Å². The van der Waals surface area contributed by atoms with Gasteiger partial charge in [-0.25, -0.2) is 4.79 Å². The van der Waals surface area contributed by atoms with Gasteiger partial charge < -0.3 is 10.6 Å². The van der Waals surface area contributed by atoms with Gasteiger partial charge in [-0.15, -0.1) is 0 Å². The molecule has 2 N–H and O–H groups in total. The Kier molecular flexibility index (Phi) is 5.47. The van der Waals surface area contributed by atoms with E-state index in [1.165, 1.54) is 5.56 Å². The lowest BCUT2D eigenvalue weighted by Crippen LogP contribution is -2.38. The fourth-order valence-electron chi connectivity index (χ4n) is 2.72. The van der Waals surface area contributed by atoms with Crippen molar-refractivity contribution in [3.05, 3.63) is 107 Å². The van der Waals surface area contributed by atoms with Crippen LogP contribution < -0.4 is 10.6 Å². The molecular weight excluding hydrogens is 308 g/mol. The highest BCUT2D eigenvalue weighted by atomic mass is 16.2. The molecule has 126 valence electrons. The Morgan fingerprint density at radius 2 is 1.36 bits per heavy atom. The smallest absolute Gasteiger partial charge is 0.315 e. The summed E-state index contributed by atoms with van der Waals surface area (Å²) in [6, 6.07) is 27.8. The Balaban J connectivity index is 1.73. The first-order chi connectivity index (χ1) is 12.2. The molecule has 0 spiro atoms. The number of hydrogen-bond acceptors (Lipinski definition) is 1. The molecule has 1 atom stereocenters. The first-order valence-corrected chi connectivity index (χ1v) is 8.42. The minimum atomic E-state index is -0.183. The number of benzene rings is 3. The van der Waals surface area contributed by atoms with Crippen LogP contribution in [0.1, 0.15) is 28.3 Å². The average Bonchev–Trinajstić information content (AvgIpc) is 2.67. The molecule has 3 aromatic rings. The van der Waals surface area contributed by atoms with Gasteiger partial charge in [-0.1, -0.05) is 90.5 Å². The summed E-state index contributed by atoms with van der Waals surface area (Å²) in [5, 5.41) is 6.02. The summed E-state index contributed by atoms with van der Waals surface area (Å²) in [5.74, 6) is 0. The third-order valence-corrected chi connectivity index (χ3v) is 4.11. The van der Waals surface area contributed by atoms with Crippen LogP contribution in [0, 0.1) is 6.92 Å². The molecule has 0 bridgehead atoms. The molecule has 0 saturated heterocycles. The molecule has 0 saturated carbocycles. The first-order valence-electron chi connectivity index (χ1n) is 8.42. The molecule has 3 aromatic carbocycles. The predicted molar refractivity (Wildman–Crippen MR) is 101 cm³/mol. The number of urea groups is 1.